The Bertz CT molecular complexity index is 982. The van der Waals surface area contributed by atoms with Crippen LogP contribution in [0, 0.1) is 5.82 Å². The third kappa shape index (κ3) is 4.28. The Morgan fingerprint density at radius 1 is 1.39 bits per heavy atom. The molecular formula is C20H22FN5O5. The van der Waals surface area contributed by atoms with E-state index in [1.165, 1.54) is 28.1 Å². The molecule has 164 valence electrons. The molecule has 0 aliphatic carbocycles. The number of carbonyl (C=O) groups excluding carboxylic acids is 2. The van der Waals surface area contributed by atoms with Crippen molar-refractivity contribution >= 4 is 23.3 Å². The molecule has 1 aromatic carbocycles. The molecule has 2 aliphatic rings. The maximum Gasteiger partial charge on any atom is 0.414 e. The topological polar surface area (TPSA) is 121 Å². The largest absolute Gasteiger partial charge is 0.442 e. The van der Waals surface area contributed by atoms with E-state index < -0.39 is 42.6 Å². The highest BCUT2D eigenvalue weighted by Crippen LogP contribution is 2.31. The third-order valence-electron chi connectivity index (χ3n) is 5.27. The van der Waals surface area contributed by atoms with Crippen LogP contribution in [0.3, 0.4) is 0 Å². The molecule has 4 rings (SSSR count). The average molecular weight is 431 g/mol. The van der Waals surface area contributed by atoms with Crippen LogP contribution in [0.4, 0.5) is 20.6 Å². The third-order valence-corrected chi connectivity index (χ3v) is 5.27. The quantitative estimate of drug-likeness (QED) is 0.608. The standard InChI is InChI=1S/C20H22FN5O5/c21-15-9-13(26-11-14(31-20(26)30)10-24-8-6-22-23-24)4-5-16(15)25-7-2-1-3-17(25)19(29)18(28)12-27/h1,3-6,8-9,14,17-18,27-28H,2,7,10-12H2/t14-,17+,18-/m0/s1. The van der Waals surface area contributed by atoms with Gasteiger partial charge in [0, 0.05) is 12.7 Å². The van der Waals surface area contributed by atoms with Crippen LogP contribution in [-0.4, -0.2) is 75.0 Å². The molecule has 1 saturated heterocycles. The van der Waals surface area contributed by atoms with Gasteiger partial charge in [0.15, 0.2) is 5.78 Å². The highest BCUT2D eigenvalue weighted by Gasteiger charge is 2.35. The van der Waals surface area contributed by atoms with E-state index in [0.717, 1.165) is 0 Å². The minimum absolute atomic E-state index is 0.170. The van der Waals surface area contributed by atoms with Crippen LogP contribution in [0.25, 0.3) is 0 Å². The second kappa shape index (κ2) is 8.82. The van der Waals surface area contributed by atoms with Crippen LogP contribution in [0.5, 0.6) is 0 Å². The summed E-state index contributed by atoms with van der Waals surface area (Å²) in [5.74, 6) is -1.22. The van der Waals surface area contributed by atoms with Crippen LogP contribution in [0.1, 0.15) is 6.42 Å². The van der Waals surface area contributed by atoms with E-state index in [1.54, 1.807) is 29.1 Å². The van der Waals surface area contributed by atoms with Gasteiger partial charge in [-0.3, -0.25) is 9.69 Å². The Morgan fingerprint density at radius 2 is 2.23 bits per heavy atom. The molecule has 3 atom stereocenters. The summed E-state index contributed by atoms with van der Waals surface area (Å²) in [4.78, 5) is 27.6. The Balaban J connectivity index is 1.52. The second-order valence-corrected chi connectivity index (χ2v) is 7.33. The van der Waals surface area contributed by atoms with Crippen molar-refractivity contribution in [3.63, 3.8) is 0 Å². The van der Waals surface area contributed by atoms with E-state index >= 15 is 4.39 Å². The van der Waals surface area contributed by atoms with Crippen molar-refractivity contribution in [2.24, 2.45) is 0 Å². The van der Waals surface area contributed by atoms with Gasteiger partial charge in [0.1, 0.15) is 24.1 Å². The Kier molecular flexibility index (Phi) is 5.96. The summed E-state index contributed by atoms with van der Waals surface area (Å²) in [7, 11) is 0. The van der Waals surface area contributed by atoms with Gasteiger partial charge in [-0.05, 0) is 24.6 Å². The minimum atomic E-state index is -1.54. The lowest BCUT2D eigenvalue weighted by molar-refractivity contribution is -0.129. The molecule has 0 radical (unpaired) electrons. The number of cyclic esters (lactones) is 1. The molecular weight excluding hydrogens is 409 g/mol. The first-order chi connectivity index (χ1) is 15.0. The SMILES string of the molecule is O=C([C@H]1C=CCCN1c1ccc(N2C[C@H](Cn3ccnn3)OC2=O)cc1F)[C@@H](O)CO. The lowest BCUT2D eigenvalue weighted by Gasteiger charge is -2.34. The zero-order valence-corrected chi connectivity index (χ0v) is 16.5. The predicted molar refractivity (Wildman–Crippen MR) is 107 cm³/mol. The van der Waals surface area contributed by atoms with Gasteiger partial charge in [0.05, 0.1) is 37.3 Å². The van der Waals surface area contributed by atoms with Gasteiger partial charge in [-0.2, -0.15) is 0 Å². The smallest absolute Gasteiger partial charge is 0.414 e. The normalized spacial score (nSPS) is 22.0. The molecule has 31 heavy (non-hydrogen) atoms. The highest BCUT2D eigenvalue weighted by molar-refractivity contribution is 5.93. The van der Waals surface area contributed by atoms with E-state index in [9.17, 15) is 14.7 Å². The van der Waals surface area contributed by atoms with Crippen molar-refractivity contribution in [3.8, 4) is 0 Å². The fraction of sp³-hybridized carbons (Fsp3) is 0.400. The van der Waals surface area contributed by atoms with Crippen molar-refractivity contribution in [2.45, 2.75) is 31.2 Å². The molecule has 10 nitrogen and oxygen atoms in total. The molecule has 0 spiro atoms. The fourth-order valence-corrected chi connectivity index (χ4v) is 3.75. The van der Waals surface area contributed by atoms with Gasteiger partial charge < -0.3 is 19.8 Å². The molecule has 0 bridgehead atoms. The summed E-state index contributed by atoms with van der Waals surface area (Å²) in [5, 5.41) is 26.4. The van der Waals surface area contributed by atoms with E-state index in [2.05, 4.69) is 10.3 Å². The number of hydrogen-bond donors (Lipinski definition) is 2. The highest BCUT2D eigenvalue weighted by atomic mass is 19.1. The van der Waals surface area contributed by atoms with Crippen LogP contribution in [0.2, 0.25) is 0 Å². The molecule has 1 amide bonds. The van der Waals surface area contributed by atoms with Crippen LogP contribution in [0.15, 0.2) is 42.7 Å². The van der Waals surface area contributed by atoms with E-state index in [-0.39, 0.29) is 12.2 Å². The molecule has 1 aromatic heterocycles. The number of Topliss-reactive ketones (excluding diaryl/α,β-unsaturated/α-hetero) is 1. The first-order valence-corrected chi connectivity index (χ1v) is 9.85. The summed E-state index contributed by atoms with van der Waals surface area (Å²) < 4.78 is 21.9. The fourth-order valence-electron chi connectivity index (χ4n) is 3.75. The number of ether oxygens (including phenoxy) is 1. The summed E-state index contributed by atoms with van der Waals surface area (Å²) in [6.45, 7) is 0.228. The number of aliphatic hydroxyl groups is 2. The number of hydrogen-bond acceptors (Lipinski definition) is 8. The number of anilines is 2. The molecule has 1 fully saturated rings. The predicted octanol–water partition coefficient (Wildman–Crippen LogP) is 0.500. The molecule has 0 unspecified atom stereocenters. The number of benzene rings is 1. The molecule has 0 saturated carbocycles. The summed E-state index contributed by atoms with van der Waals surface area (Å²) in [6.07, 6.45) is 4.57. The van der Waals surface area contributed by atoms with Crippen molar-refractivity contribution in [1.82, 2.24) is 15.0 Å². The van der Waals surface area contributed by atoms with E-state index in [1.807, 2.05) is 0 Å². The van der Waals surface area contributed by atoms with Crippen molar-refractivity contribution in [1.29, 1.82) is 0 Å². The maximum atomic E-state index is 15.0. The van der Waals surface area contributed by atoms with E-state index in [0.29, 0.717) is 25.2 Å². The van der Waals surface area contributed by atoms with Crippen LogP contribution >= 0.6 is 0 Å². The van der Waals surface area contributed by atoms with Gasteiger partial charge in [0.25, 0.3) is 0 Å². The van der Waals surface area contributed by atoms with Gasteiger partial charge in [-0.15, -0.1) is 5.10 Å². The molecule has 3 heterocycles. The minimum Gasteiger partial charge on any atom is -0.442 e. The Hall–Kier alpha value is -3.31. The van der Waals surface area contributed by atoms with E-state index in [4.69, 9.17) is 9.84 Å². The number of aliphatic hydroxyl groups excluding tert-OH is 2. The lowest BCUT2D eigenvalue weighted by atomic mass is 10.0. The Morgan fingerprint density at radius 3 is 2.94 bits per heavy atom. The van der Waals surface area contributed by atoms with Gasteiger partial charge in [-0.1, -0.05) is 17.4 Å². The molecule has 2 aliphatic heterocycles. The molecule has 11 heteroatoms. The maximum absolute atomic E-state index is 15.0. The van der Waals surface area contributed by atoms with Crippen molar-refractivity contribution in [2.75, 3.05) is 29.5 Å². The number of amides is 1. The van der Waals surface area contributed by atoms with Crippen LogP contribution < -0.4 is 9.80 Å². The monoisotopic (exact) mass is 431 g/mol. The number of carbonyl (C=O) groups is 2. The Labute approximate surface area is 177 Å². The van der Waals surface area contributed by atoms with Crippen molar-refractivity contribution in [3.05, 3.63) is 48.6 Å². The lowest BCUT2D eigenvalue weighted by Crippen LogP contribution is -2.47. The number of halogens is 1. The second-order valence-electron chi connectivity index (χ2n) is 7.33. The summed E-state index contributed by atoms with van der Waals surface area (Å²) in [5.41, 5.74) is 0.501. The first-order valence-electron chi connectivity index (χ1n) is 9.85. The number of rotatable bonds is 7. The van der Waals surface area contributed by atoms with Gasteiger partial charge in [-0.25, -0.2) is 13.9 Å². The summed E-state index contributed by atoms with van der Waals surface area (Å²) in [6, 6.07) is 3.41. The summed E-state index contributed by atoms with van der Waals surface area (Å²) >= 11 is 0. The zero-order chi connectivity index (χ0) is 22.0. The number of aromatic nitrogens is 3. The first kappa shape index (κ1) is 20.9. The van der Waals surface area contributed by atoms with Gasteiger partial charge in [0.2, 0.25) is 0 Å². The van der Waals surface area contributed by atoms with Crippen molar-refractivity contribution < 1.29 is 28.9 Å². The van der Waals surface area contributed by atoms with Gasteiger partial charge >= 0.3 is 6.09 Å². The van der Waals surface area contributed by atoms with Crippen LogP contribution in [-0.2, 0) is 16.1 Å². The number of nitrogens with zero attached hydrogens (tertiary/aromatic N) is 5. The molecule has 2 aromatic rings. The number of ketones is 1. The average Bonchev–Trinajstić information content (AvgIpc) is 3.42. The zero-order valence-electron chi connectivity index (χ0n) is 16.5. The molecule has 2 N–H and O–H groups in total.